The van der Waals surface area contributed by atoms with Crippen molar-refractivity contribution in [3.63, 3.8) is 0 Å². The van der Waals surface area contributed by atoms with Crippen LogP contribution < -0.4 is 5.32 Å². The molecule has 0 radical (unpaired) electrons. The zero-order chi connectivity index (χ0) is 19.4. The van der Waals surface area contributed by atoms with Crippen LogP contribution in [0.1, 0.15) is 29.8 Å². The van der Waals surface area contributed by atoms with Gasteiger partial charge in [-0.15, -0.1) is 11.3 Å². The molecule has 1 heterocycles. The van der Waals surface area contributed by atoms with E-state index in [-0.39, 0.29) is 10.6 Å². The van der Waals surface area contributed by atoms with Gasteiger partial charge in [-0.05, 0) is 23.9 Å². The number of carbonyl (C=O) groups is 1. The van der Waals surface area contributed by atoms with E-state index in [0.29, 0.717) is 6.08 Å². The zero-order valence-corrected chi connectivity index (χ0v) is 14.6. The smallest absolute Gasteiger partial charge is 0.422 e. The number of aliphatic hydroxyl groups is 1. The van der Waals surface area contributed by atoms with Crippen LogP contribution in [-0.2, 0) is 10.4 Å². The molecule has 8 heteroatoms. The second kappa shape index (κ2) is 7.92. The molecule has 1 aromatic heterocycles. The molecule has 0 amide bonds. The van der Waals surface area contributed by atoms with Gasteiger partial charge in [-0.2, -0.15) is 13.2 Å². The molecule has 1 aromatic carbocycles. The molecular formula is C18H18F3NO3S. The first-order valence-electron chi connectivity index (χ1n) is 7.71. The lowest BCUT2D eigenvalue weighted by Crippen LogP contribution is -2.43. The minimum Gasteiger partial charge on any atom is -0.478 e. The van der Waals surface area contributed by atoms with Gasteiger partial charge in [-0.3, -0.25) is 0 Å². The number of carboxylic acids is 1. The fraction of sp³-hybridized carbons (Fsp3) is 0.278. The van der Waals surface area contributed by atoms with Crippen molar-refractivity contribution in [2.75, 3.05) is 0 Å². The van der Waals surface area contributed by atoms with Crippen molar-refractivity contribution in [1.82, 2.24) is 5.32 Å². The van der Waals surface area contributed by atoms with E-state index in [9.17, 15) is 23.1 Å². The van der Waals surface area contributed by atoms with Crippen LogP contribution >= 0.6 is 11.3 Å². The number of carboxylic acid groups (broad SMARTS) is 1. The minimum absolute atomic E-state index is 0.220. The first-order valence-corrected chi connectivity index (χ1v) is 8.59. The van der Waals surface area contributed by atoms with Gasteiger partial charge in [0.2, 0.25) is 0 Å². The number of benzene rings is 1. The lowest BCUT2D eigenvalue weighted by molar-refractivity contribution is -0.265. The maximum Gasteiger partial charge on any atom is 0.422 e. The van der Waals surface area contributed by atoms with Gasteiger partial charge < -0.3 is 15.5 Å². The first-order chi connectivity index (χ1) is 12.1. The number of thiophene rings is 1. The summed E-state index contributed by atoms with van der Waals surface area (Å²) in [7, 11) is 0. The van der Waals surface area contributed by atoms with E-state index in [1.807, 2.05) is 0 Å². The Morgan fingerprint density at radius 3 is 2.38 bits per heavy atom. The summed E-state index contributed by atoms with van der Waals surface area (Å²) in [5.74, 6) is -1.40. The van der Waals surface area contributed by atoms with Crippen LogP contribution in [0.15, 0.2) is 59.6 Å². The highest BCUT2D eigenvalue weighted by Crippen LogP contribution is 2.45. The molecule has 0 saturated carbocycles. The molecule has 2 aromatic rings. The van der Waals surface area contributed by atoms with Gasteiger partial charge >= 0.3 is 12.1 Å². The number of halogens is 3. The fourth-order valence-corrected chi connectivity index (χ4v) is 3.36. The highest BCUT2D eigenvalue weighted by atomic mass is 32.1. The summed E-state index contributed by atoms with van der Waals surface area (Å²) in [5, 5.41) is 23.6. The molecule has 1 unspecified atom stereocenters. The molecule has 0 aliphatic heterocycles. The SMILES string of the molecule is C[C@@H](NC(=CC(=O)O)CC(O)(c1cccs1)C(F)(F)F)c1ccccc1. The normalized spacial score (nSPS) is 16.0. The fourth-order valence-electron chi connectivity index (χ4n) is 2.51. The van der Waals surface area contributed by atoms with E-state index in [4.69, 9.17) is 5.11 Å². The molecule has 0 fully saturated rings. The Morgan fingerprint density at radius 2 is 1.88 bits per heavy atom. The maximum atomic E-state index is 13.6. The summed E-state index contributed by atoms with van der Waals surface area (Å²) < 4.78 is 40.7. The van der Waals surface area contributed by atoms with Crippen molar-refractivity contribution in [3.8, 4) is 0 Å². The predicted octanol–water partition coefficient (Wildman–Crippen LogP) is 4.21. The Bertz CT molecular complexity index is 760. The Morgan fingerprint density at radius 1 is 1.23 bits per heavy atom. The number of hydrogen-bond donors (Lipinski definition) is 3. The molecule has 0 spiro atoms. The standard InChI is InChI=1S/C18H18F3NO3S/c1-12(13-6-3-2-4-7-13)22-14(10-16(23)24)11-17(25,18(19,20)21)15-8-5-9-26-15/h2-10,12,22,25H,11H2,1H3,(H,23,24)/t12-,17?/m1/s1. The summed E-state index contributed by atoms with van der Waals surface area (Å²) >= 11 is 0.760. The molecule has 0 bridgehead atoms. The van der Waals surface area contributed by atoms with E-state index in [1.54, 1.807) is 37.3 Å². The van der Waals surface area contributed by atoms with E-state index >= 15 is 0 Å². The first kappa shape index (κ1) is 20.0. The van der Waals surface area contributed by atoms with Crippen LogP contribution in [0, 0.1) is 0 Å². The molecule has 0 aliphatic rings. The second-order valence-electron chi connectivity index (χ2n) is 5.80. The quantitative estimate of drug-likeness (QED) is 0.625. The molecule has 0 saturated heterocycles. The predicted molar refractivity (Wildman–Crippen MR) is 92.6 cm³/mol. The van der Waals surface area contributed by atoms with Crippen molar-refractivity contribution < 1.29 is 28.2 Å². The average molecular weight is 385 g/mol. The molecule has 140 valence electrons. The average Bonchev–Trinajstić information content (AvgIpc) is 3.08. The molecule has 0 aliphatic carbocycles. The lowest BCUT2D eigenvalue weighted by atomic mass is 9.94. The van der Waals surface area contributed by atoms with Crippen LogP contribution in [0.25, 0.3) is 0 Å². The van der Waals surface area contributed by atoms with Crippen molar-refractivity contribution in [2.45, 2.75) is 31.2 Å². The van der Waals surface area contributed by atoms with Crippen molar-refractivity contribution in [3.05, 3.63) is 70.1 Å². The third-order valence-electron chi connectivity index (χ3n) is 3.84. The molecule has 2 atom stereocenters. The van der Waals surface area contributed by atoms with E-state index in [2.05, 4.69) is 5.32 Å². The summed E-state index contributed by atoms with van der Waals surface area (Å²) in [6.07, 6.45) is -5.24. The Labute approximate surface area is 152 Å². The summed E-state index contributed by atoms with van der Waals surface area (Å²) in [5.41, 5.74) is -2.62. The third kappa shape index (κ3) is 4.64. The second-order valence-corrected chi connectivity index (χ2v) is 6.74. The summed E-state index contributed by atoms with van der Waals surface area (Å²) in [4.78, 5) is 10.8. The molecule has 3 N–H and O–H groups in total. The van der Waals surface area contributed by atoms with Gasteiger partial charge in [0.05, 0.1) is 0 Å². The molecular weight excluding hydrogens is 367 g/mol. The molecule has 2 rings (SSSR count). The van der Waals surface area contributed by atoms with Crippen molar-refractivity contribution >= 4 is 17.3 Å². The highest BCUT2D eigenvalue weighted by molar-refractivity contribution is 7.10. The zero-order valence-electron chi connectivity index (χ0n) is 13.8. The van der Waals surface area contributed by atoms with Crippen LogP contribution in [0.4, 0.5) is 13.2 Å². The largest absolute Gasteiger partial charge is 0.478 e. The molecule has 4 nitrogen and oxygen atoms in total. The van der Waals surface area contributed by atoms with Gasteiger partial charge in [0.15, 0.2) is 5.60 Å². The van der Waals surface area contributed by atoms with Crippen molar-refractivity contribution in [1.29, 1.82) is 0 Å². The van der Waals surface area contributed by atoms with Crippen molar-refractivity contribution in [2.24, 2.45) is 0 Å². The summed E-state index contributed by atoms with van der Waals surface area (Å²) in [6, 6.07) is 11.0. The number of aliphatic carboxylic acids is 1. The van der Waals surface area contributed by atoms with Gasteiger partial charge in [0.1, 0.15) is 0 Å². The Kier molecular flexibility index (Phi) is 6.09. The third-order valence-corrected chi connectivity index (χ3v) is 4.86. The number of nitrogens with one attached hydrogen (secondary N) is 1. The van der Waals surface area contributed by atoms with Gasteiger partial charge in [-0.25, -0.2) is 4.79 Å². The number of hydrogen-bond acceptors (Lipinski definition) is 4. The topological polar surface area (TPSA) is 69.6 Å². The van der Waals surface area contributed by atoms with E-state index in [0.717, 1.165) is 16.9 Å². The van der Waals surface area contributed by atoms with Crippen LogP contribution in [0.2, 0.25) is 0 Å². The maximum absolute atomic E-state index is 13.6. The monoisotopic (exact) mass is 385 g/mol. The highest BCUT2D eigenvalue weighted by Gasteiger charge is 2.56. The van der Waals surface area contributed by atoms with E-state index < -0.39 is 30.2 Å². The van der Waals surface area contributed by atoms with E-state index in [1.165, 1.54) is 17.5 Å². The number of rotatable bonds is 7. The van der Waals surface area contributed by atoms with Gasteiger partial charge in [0, 0.05) is 29.1 Å². The Balaban J connectivity index is 2.33. The Hall–Kier alpha value is -2.32. The van der Waals surface area contributed by atoms with Crippen LogP contribution in [0.5, 0.6) is 0 Å². The number of alkyl halides is 3. The van der Waals surface area contributed by atoms with Gasteiger partial charge in [-0.1, -0.05) is 36.4 Å². The van der Waals surface area contributed by atoms with Gasteiger partial charge in [0.25, 0.3) is 0 Å². The minimum atomic E-state index is -4.97. The van der Waals surface area contributed by atoms with Crippen LogP contribution in [-0.4, -0.2) is 22.4 Å². The molecule has 26 heavy (non-hydrogen) atoms. The van der Waals surface area contributed by atoms with Crippen LogP contribution in [0.3, 0.4) is 0 Å². The lowest BCUT2D eigenvalue weighted by Gasteiger charge is -2.31. The summed E-state index contributed by atoms with van der Waals surface area (Å²) in [6.45, 7) is 1.70.